The lowest BCUT2D eigenvalue weighted by Crippen LogP contribution is -2.28. The van der Waals surface area contributed by atoms with Crippen LogP contribution in [-0.4, -0.2) is 28.0 Å². The second-order valence-corrected chi connectivity index (χ2v) is 7.44. The van der Waals surface area contributed by atoms with Gasteiger partial charge in [0, 0.05) is 29.2 Å². The second kappa shape index (κ2) is 9.03. The van der Waals surface area contributed by atoms with Crippen LogP contribution in [0.2, 0.25) is 5.02 Å². The molecular formula is C24H18ClN3O4. The van der Waals surface area contributed by atoms with Crippen LogP contribution in [0.25, 0.3) is 21.9 Å². The van der Waals surface area contributed by atoms with Crippen molar-refractivity contribution in [1.29, 1.82) is 0 Å². The van der Waals surface area contributed by atoms with E-state index in [0.29, 0.717) is 32.6 Å². The number of amides is 1. The van der Waals surface area contributed by atoms with E-state index in [0.717, 1.165) is 0 Å². The predicted octanol–water partition coefficient (Wildman–Crippen LogP) is 4.05. The molecule has 32 heavy (non-hydrogen) atoms. The van der Waals surface area contributed by atoms with E-state index in [-0.39, 0.29) is 11.3 Å². The van der Waals surface area contributed by atoms with Crippen LogP contribution >= 0.6 is 11.6 Å². The monoisotopic (exact) mass is 447 g/mol. The summed E-state index contributed by atoms with van der Waals surface area (Å²) in [5.74, 6) is -1.31. The third-order valence-electron chi connectivity index (χ3n) is 4.91. The molecule has 0 spiro atoms. The average Bonchev–Trinajstić information content (AvgIpc) is 2.81. The van der Waals surface area contributed by atoms with Crippen molar-refractivity contribution in [2.24, 2.45) is 7.05 Å². The maximum atomic E-state index is 13.1. The Morgan fingerprint density at radius 3 is 2.44 bits per heavy atom. The predicted molar refractivity (Wildman–Crippen MR) is 123 cm³/mol. The molecule has 0 saturated carbocycles. The van der Waals surface area contributed by atoms with Crippen molar-refractivity contribution < 1.29 is 14.3 Å². The first-order chi connectivity index (χ1) is 15.5. The van der Waals surface area contributed by atoms with E-state index in [4.69, 9.17) is 16.3 Å². The largest absolute Gasteiger partial charge is 0.451 e. The van der Waals surface area contributed by atoms with Crippen molar-refractivity contribution in [1.82, 2.24) is 9.55 Å². The summed E-state index contributed by atoms with van der Waals surface area (Å²) in [5.41, 5.74) is 1.40. The number of carbonyl (C=O) groups excluding carboxylic acids is 2. The number of hydrogen-bond acceptors (Lipinski definition) is 5. The number of anilines is 1. The molecule has 2 aromatic carbocycles. The van der Waals surface area contributed by atoms with Gasteiger partial charge in [-0.15, -0.1) is 0 Å². The van der Waals surface area contributed by atoms with Crippen LogP contribution in [0.15, 0.2) is 77.9 Å². The number of nitrogens with zero attached hydrogens (tertiary/aromatic N) is 2. The van der Waals surface area contributed by atoms with Gasteiger partial charge in [-0.1, -0.05) is 41.9 Å². The van der Waals surface area contributed by atoms with Crippen LogP contribution in [0, 0.1) is 0 Å². The lowest BCUT2D eigenvalue weighted by molar-refractivity contribution is -0.119. The molecule has 2 heterocycles. The van der Waals surface area contributed by atoms with Gasteiger partial charge in [0.15, 0.2) is 6.61 Å². The Balaban J connectivity index is 1.72. The van der Waals surface area contributed by atoms with E-state index in [2.05, 4.69) is 10.3 Å². The van der Waals surface area contributed by atoms with Gasteiger partial charge < -0.3 is 14.6 Å². The Morgan fingerprint density at radius 2 is 1.75 bits per heavy atom. The van der Waals surface area contributed by atoms with Crippen LogP contribution in [0.1, 0.15) is 10.5 Å². The van der Waals surface area contributed by atoms with Crippen molar-refractivity contribution in [3.8, 4) is 11.1 Å². The Morgan fingerprint density at radius 1 is 1.03 bits per heavy atom. The van der Waals surface area contributed by atoms with E-state index in [1.54, 1.807) is 66.9 Å². The van der Waals surface area contributed by atoms with Gasteiger partial charge in [-0.2, -0.15) is 0 Å². The molecule has 0 bridgehead atoms. The highest BCUT2D eigenvalue weighted by Gasteiger charge is 2.23. The third-order valence-corrected chi connectivity index (χ3v) is 5.16. The lowest BCUT2D eigenvalue weighted by atomic mass is 9.97. The molecule has 1 amide bonds. The minimum absolute atomic E-state index is 0.0465. The number of fused-ring (bicyclic) bond motifs is 1. The molecule has 160 valence electrons. The highest BCUT2D eigenvalue weighted by Crippen LogP contribution is 2.31. The van der Waals surface area contributed by atoms with Crippen LogP contribution in [0.4, 0.5) is 5.69 Å². The van der Waals surface area contributed by atoms with Gasteiger partial charge in [-0.3, -0.25) is 14.6 Å². The number of pyridine rings is 2. The summed E-state index contributed by atoms with van der Waals surface area (Å²) in [7, 11) is 1.50. The van der Waals surface area contributed by atoms with Crippen LogP contribution in [-0.2, 0) is 16.6 Å². The molecule has 0 aliphatic rings. The number of aromatic nitrogens is 2. The van der Waals surface area contributed by atoms with Gasteiger partial charge in [0.25, 0.3) is 11.5 Å². The van der Waals surface area contributed by atoms with Crippen LogP contribution in [0.5, 0.6) is 0 Å². The Labute approximate surface area is 188 Å². The van der Waals surface area contributed by atoms with Gasteiger partial charge in [0.1, 0.15) is 5.69 Å². The maximum Gasteiger partial charge on any atom is 0.356 e. The zero-order valence-corrected chi connectivity index (χ0v) is 17.8. The minimum atomic E-state index is -0.790. The zero-order valence-electron chi connectivity index (χ0n) is 17.0. The second-order valence-electron chi connectivity index (χ2n) is 7.01. The number of ether oxygens (including phenoxy) is 1. The molecule has 8 heteroatoms. The molecule has 0 atom stereocenters. The number of halogens is 1. The lowest BCUT2D eigenvalue weighted by Gasteiger charge is -2.17. The quantitative estimate of drug-likeness (QED) is 0.466. The first kappa shape index (κ1) is 21.3. The summed E-state index contributed by atoms with van der Waals surface area (Å²) in [6.07, 6.45) is 3.06. The number of hydrogen-bond donors (Lipinski definition) is 1. The molecule has 0 saturated heterocycles. The number of benzene rings is 2. The summed E-state index contributed by atoms with van der Waals surface area (Å²) < 4.78 is 6.52. The average molecular weight is 448 g/mol. The zero-order chi connectivity index (χ0) is 22.7. The molecule has 7 nitrogen and oxygen atoms in total. The van der Waals surface area contributed by atoms with Crippen molar-refractivity contribution in [3.63, 3.8) is 0 Å². The Bertz CT molecular complexity index is 1370. The van der Waals surface area contributed by atoms with Gasteiger partial charge in [-0.25, -0.2) is 4.79 Å². The molecule has 4 rings (SSSR count). The molecule has 2 aromatic heterocycles. The fourth-order valence-corrected chi connectivity index (χ4v) is 3.57. The van der Waals surface area contributed by atoms with Crippen LogP contribution in [0.3, 0.4) is 0 Å². The molecule has 0 unspecified atom stereocenters. The normalized spacial score (nSPS) is 10.7. The smallest absolute Gasteiger partial charge is 0.356 e. The fraction of sp³-hybridized carbons (Fsp3) is 0.0833. The highest BCUT2D eigenvalue weighted by molar-refractivity contribution is 6.30. The van der Waals surface area contributed by atoms with Gasteiger partial charge in [0.2, 0.25) is 0 Å². The topological polar surface area (TPSA) is 90.3 Å². The molecular weight excluding hydrogens is 430 g/mol. The maximum absolute atomic E-state index is 13.1. The summed E-state index contributed by atoms with van der Waals surface area (Å²) in [6, 6.07) is 17.3. The summed E-state index contributed by atoms with van der Waals surface area (Å²) in [6.45, 7) is -0.519. The number of rotatable bonds is 5. The van der Waals surface area contributed by atoms with Gasteiger partial charge >= 0.3 is 5.97 Å². The van der Waals surface area contributed by atoms with Crippen LogP contribution < -0.4 is 10.9 Å². The molecule has 0 aliphatic heterocycles. The first-order valence-electron chi connectivity index (χ1n) is 9.70. The number of esters is 1. The summed E-state index contributed by atoms with van der Waals surface area (Å²) in [4.78, 5) is 42.1. The van der Waals surface area contributed by atoms with E-state index < -0.39 is 18.5 Å². The van der Waals surface area contributed by atoms with Gasteiger partial charge in [-0.05, 0) is 41.3 Å². The minimum Gasteiger partial charge on any atom is -0.451 e. The van der Waals surface area contributed by atoms with Crippen molar-refractivity contribution in [2.45, 2.75) is 0 Å². The fourth-order valence-electron chi connectivity index (χ4n) is 3.45. The van der Waals surface area contributed by atoms with Crippen molar-refractivity contribution in [3.05, 3.63) is 94.1 Å². The third kappa shape index (κ3) is 4.24. The van der Waals surface area contributed by atoms with E-state index in [1.807, 2.05) is 0 Å². The molecule has 4 aromatic rings. The number of carbonyl (C=O) groups is 2. The first-order valence-corrected chi connectivity index (χ1v) is 10.1. The standard InChI is InChI=1S/C24H18ClN3O4/c1-28-22(24(31)32-14-20(29)27-17-5-4-12-26-13-17)21(15-8-10-16(25)11-9-15)18-6-2-3-7-19(18)23(28)30/h2-13H,14H2,1H3,(H,27,29). The van der Waals surface area contributed by atoms with Crippen molar-refractivity contribution in [2.75, 3.05) is 11.9 Å². The van der Waals surface area contributed by atoms with E-state index in [1.165, 1.54) is 17.8 Å². The summed E-state index contributed by atoms with van der Waals surface area (Å²) >= 11 is 6.03. The molecule has 0 aliphatic carbocycles. The highest BCUT2D eigenvalue weighted by atomic mass is 35.5. The van der Waals surface area contributed by atoms with E-state index in [9.17, 15) is 14.4 Å². The van der Waals surface area contributed by atoms with E-state index >= 15 is 0 Å². The number of nitrogens with one attached hydrogen (secondary N) is 1. The molecule has 1 N–H and O–H groups in total. The summed E-state index contributed by atoms with van der Waals surface area (Å²) in [5, 5.41) is 4.20. The molecule has 0 radical (unpaired) electrons. The Kier molecular flexibility index (Phi) is 6.00. The SMILES string of the molecule is Cn1c(C(=O)OCC(=O)Nc2cccnc2)c(-c2ccc(Cl)cc2)c2ccccc2c1=O. The molecule has 0 fully saturated rings. The Hall–Kier alpha value is -3.97. The van der Waals surface area contributed by atoms with Gasteiger partial charge in [0.05, 0.1) is 11.9 Å². The van der Waals surface area contributed by atoms with Crippen molar-refractivity contribution >= 4 is 39.9 Å².